The van der Waals surface area contributed by atoms with Crippen LogP contribution in [0.4, 0.5) is 0 Å². The van der Waals surface area contributed by atoms with Crippen molar-refractivity contribution in [2.45, 2.75) is 19.4 Å². The molecule has 0 saturated heterocycles. The number of aliphatic hydroxyl groups excluding tert-OH is 1. The average Bonchev–Trinajstić information content (AvgIpc) is 1.91. The Morgan fingerprint density at radius 3 is 2.00 bits per heavy atom. The highest BCUT2D eigenvalue weighted by Crippen LogP contribution is 1.86. The van der Waals surface area contributed by atoms with Gasteiger partial charge in [0.15, 0.2) is 6.10 Å². The summed E-state index contributed by atoms with van der Waals surface area (Å²) in [4.78, 5) is 9.68. The first-order chi connectivity index (χ1) is 4.18. The normalized spacial score (nSPS) is 11.1. The summed E-state index contributed by atoms with van der Waals surface area (Å²) < 4.78 is 0. The molecule has 0 aliphatic rings. The fourth-order valence-corrected chi connectivity index (χ4v) is 0.175. The van der Waals surface area contributed by atoms with E-state index in [4.69, 9.17) is 10.2 Å². The molecule has 9 heavy (non-hydrogen) atoms. The van der Waals surface area contributed by atoms with Crippen LogP contribution in [0.1, 0.15) is 13.3 Å². The van der Waals surface area contributed by atoms with Gasteiger partial charge >= 0.3 is 5.97 Å². The molecular formula is C4H12N2O3. The van der Waals surface area contributed by atoms with Gasteiger partial charge in [0.25, 0.3) is 0 Å². The first-order valence-electron chi connectivity index (χ1n) is 2.42. The first-order valence-corrected chi connectivity index (χ1v) is 2.42. The standard InChI is InChI=1S/C4H8O3.H4N2/c1-2-3(5)4(6)7;1-2/h3,5H,2H2,1H3,(H,6,7);1-2H2. The zero-order chi connectivity index (χ0) is 7.86. The van der Waals surface area contributed by atoms with Crippen LogP contribution in [0.2, 0.25) is 0 Å². The fraction of sp³-hybridized carbons (Fsp3) is 0.750. The predicted octanol–water partition coefficient (Wildman–Crippen LogP) is -1.34. The summed E-state index contributed by atoms with van der Waals surface area (Å²) in [6.07, 6.45) is -0.907. The lowest BCUT2D eigenvalue weighted by Crippen LogP contribution is -2.17. The molecule has 0 aliphatic heterocycles. The topological polar surface area (TPSA) is 110 Å². The van der Waals surface area contributed by atoms with Gasteiger partial charge in [0.2, 0.25) is 0 Å². The molecule has 0 aliphatic carbocycles. The number of hydrogen-bond donors (Lipinski definition) is 4. The fourth-order valence-electron chi connectivity index (χ4n) is 0.175. The van der Waals surface area contributed by atoms with Crippen molar-refractivity contribution in [2.24, 2.45) is 11.7 Å². The van der Waals surface area contributed by atoms with E-state index in [1.165, 1.54) is 0 Å². The Balaban J connectivity index is 0. The lowest BCUT2D eigenvalue weighted by molar-refractivity contribution is -0.146. The molecule has 5 nitrogen and oxygen atoms in total. The van der Waals surface area contributed by atoms with Gasteiger partial charge in [-0.3, -0.25) is 11.7 Å². The number of carboxylic acid groups (broad SMARTS) is 1. The zero-order valence-corrected chi connectivity index (χ0v) is 5.24. The molecule has 0 rings (SSSR count). The van der Waals surface area contributed by atoms with Crippen LogP contribution in [0, 0.1) is 0 Å². The average molecular weight is 136 g/mol. The molecule has 0 spiro atoms. The highest BCUT2D eigenvalue weighted by atomic mass is 16.4. The molecule has 1 atom stereocenters. The third-order valence-electron chi connectivity index (χ3n) is 0.672. The van der Waals surface area contributed by atoms with Crippen LogP contribution >= 0.6 is 0 Å². The molecule has 1 unspecified atom stereocenters. The molecule has 0 aromatic rings. The van der Waals surface area contributed by atoms with Crippen molar-refractivity contribution < 1.29 is 15.0 Å². The van der Waals surface area contributed by atoms with Gasteiger partial charge in [-0.1, -0.05) is 6.92 Å². The quantitative estimate of drug-likeness (QED) is 0.277. The third-order valence-corrected chi connectivity index (χ3v) is 0.672. The van der Waals surface area contributed by atoms with Crippen molar-refractivity contribution in [2.75, 3.05) is 0 Å². The van der Waals surface area contributed by atoms with E-state index in [1.54, 1.807) is 6.92 Å². The molecule has 0 fully saturated rings. The second kappa shape index (κ2) is 7.35. The number of aliphatic hydroxyl groups is 1. The van der Waals surface area contributed by atoms with Gasteiger partial charge in [0.1, 0.15) is 0 Å². The highest BCUT2D eigenvalue weighted by molar-refractivity contribution is 5.71. The van der Waals surface area contributed by atoms with Crippen molar-refractivity contribution in [3.05, 3.63) is 0 Å². The Morgan fingerprint density at radius 2 is 2.00 bits per heavy atom. The molecule has 0 amide bonds. The number of hydrazine groups is 1. The maximum atomic E-state index is 9.68. The number of carboxylic acids is 1. The molecule has 0 heterocycles. The Bertz CT molecular complexity index is 76.2. The number of rotatable bonds is 2. The first kappa shape index (κ1) is 11.2. The van der Waals surface area contributed by atoms with Crippen molar-refractivity contribution in [3.63, 3.8) is 0 Å². The van der Waals surface area contributed by atoms with Crippen molar-refractivity contribution in [3.8, 4) is 0 Å². The summed E-state index contributed by atoms with van der Waals surface area (Å²) in [5, 5.41) is 16.3. The van der Waals surface area contributed by atoms with Gasteiger partial charge in [-0.2, -0.15) is 0 Å². The van der Waals surface area contributed by atoms with Crippen LogP contribution in [0.25, 0.3) is 0 Å². The second-order valence-electron chi connectivity index (χ2n) is 1.26. The second-order valence-corrected chi connectivity index (χ2v) is 1.26. The third kappa shape index (κ3) is 7.35. The monoisotopic (exact) mass is 136 g/mol. The van der Waals surface area contributed by atoms with E-state index in [-0.39, 0.29) is 6.42 Å². The Morgan fingerprint density at radius 1 is 1.67 bits per heavy atom. The van der Waals surface area contributed by atoms with E-state index < -0.39 is 12.1 Å². The van der Waals surface area contributed by atoms with E-state index in [0.29, 0.717) is 0 Å². The summed E-state index contributed by atoms with van der Waals surface area (Å²) in [6, 6.07) is 0. The lowest BCUT2D eigenvalue weighted by Gasteiger charge is -1.95. The summed E-state index contributed by atoms with van der Waals surface area (Å²) in [5.41, 5.74) is 0. The maximum Gasteiger partial charge on any atom is 0.332 e. The van der Waals surface area contributed by atoms with Crippen LogP contribution in [-0.4, -0.2) is 22.3 Å². The maximum absolute atomic E-state index is 9.68. The summed E-state index contributed by atoms with van der Waals surface area (Å²) in [6.45, 7) is 1.61. The van der Waals surface area contributed by atoms with Crippen LogP contribution in [-0.2, 0) is 4.79 Å². The SMILES string of the molecule is CCC(O)C(=O)O.NN. The van der Waals surface area contributed by atoms with Crippen LogP contribution in [0.15, 0.2) is 0 Å². The van der Waals surface area contributed by atoms with E-state index in [1.807, 2.05) is 0 Å². The molecule has 6 N–H and O–H groups in total. The van der Waals surface area contributed by atoms with Gasteiger partial charge in [0, 0.05) is 0 Å². The number of hydrogen-bond acceptors (Lipinski definition) is 4. The minimum atomic E-state index is -1.18. The molecule has 0 aromatic heterocycles. The molecule has 0 radical (unpaired) electrons. The molecule has 0 saturated carbocycles. The van der Waals surface area contributed by atoms with E-state index in [9.17, 15) is 4.79 Å². The van der Waals surface area contributed by atoms with Crippen molar-refractivity contribution in [1.82, 2.24) is 0 Å². The Kier molecular flexibility index (Phi) is 9.14. The van der Waals surface area contributed by atoms with Crippen LogP contribution in [0.5, 0.6) is 0 Å². The Labute approximate surface area is 53.2 Å². The smallest absolute Gasteiger partial charge is 0.332 e. The molecule has 0 bridgehead atoms. The van der Waals surface area contributed by atoms with Gasteiger partial charge in [-0.15, -0.1) is 0 Å². The number of carbonyl (C=O) groups is 1. The summed E-state index contributed by atoms with van der Waals surface area (Å²) in [7, 11) is 0. The van der Waals surface area contributed by atoms with Gasteiger partial charge in [-0.25, -0.2) is 4.79 Å². The molecular weight excluding hydrogens is 124 g/mol. The van der Waals surface area contributed by atoms with Crippen LogP contribution < -0.4 is 11.7 Å². The largest absolute Gasteiger partial charge is 0.479 e. The van der Waals surface area contributed by atoms with Gasteiger partial charge in [-0.05, 0) is 6.42 Å². The molecule has 56 valence electrons. The minimum Gasteiger partial charge on any atom is -0.479 e. The highest BCUT2D eigenvalue weighted by Gasteiger charge is 2.07. The summed E-state index contributed by atoms with van der Waals surface area (Å²) >= 11 is 0. The lowest BCUT2D eigenvalue weighted by atomic mass is 10.3. The zero-order valence-electron chi connectivity index (χ0n) is 5.24. The molecule has 0 aromatic carbocycles. The predicted molar refractivity (Wildman–Crippen MR) is 32.3 cm³/mol. The van der Waals surface area contributed by atoms with E-state index in [0.717, 1.165) is 0 Å². The van der Waals surface area contributed by atoms with Crippen molar-refractivity contribution >= 4 is 5.97 Å². The van der Waals surface area contributed by atoms with Crippen LogP contribution in [0.3, 0.4) is 0 Å². The minimum absolute atomic E-state index is 0.273. The number of aliphatic carboxylic acids is 1. The van der Waals surface area contributed by atoms with Gasteiger partial charge < -0.3 is 10.2 Å². The van der Waals surface area contributed by atoms with E-state index >= 15 is 0 Å². The summed E-state index contributed by atoms with van der Waals surface area (Å²) in [5.74, 6) is 6.85. The Hall–Kier alpha value is -0.650. The van der Waals surface area contributed by atoms with E-state index in [2.05, 4.69) is 11.7 Å². The molecule has 5 heteroatoms. The van der Waals surface area contributed by atoms with Gasteiger partial charge in [0.05, 0.1) is 0 Å². The number of nitrogens with two attached hydrogens (primary N) is 2. The van der Waals surface area contributed by atoms with Crippen molar-refractivity contribution in [1.29, 1.82) is 0 Å².